The Hall–Kier alpha value is -2.70. The second-order valence-electron chi connectivity index (χ2n) is 3.85. The van der Waals surface area contributed by atoms with Crippen LogP contribution >= 0.6 is 0 Å². The highest BCUT2D eigenvalue weighted by molar-refractivity contribution is 5.94. The number of aromatic amines is 1. The molecular formula is C13H11FN2O4. The molecule has 6 nitrogen and oxygen atoms in total. The Bertz CT molecular complexity index is 695. The van der Waals surface area contributed by atoms with Crippen LogP contribution < -0.4 is 5.56 Å². The van der Waals surface area contributed by atoms with Gasteiger partial charge >= 0.3 is 5.97 Å². The van der Waals surface area contributed by atoms with E-state index in [1.54, 1.807) is 6.92 Å². The maximum atomic E-state index is 12.9. The molecule has 104 valence electrons. The van der Waals surface area contributed by atoms with Gasteiger partial charge in [0.1, 0.15) is 11.5 Å². The van der Waals surface area contributed by atoms with Gasteiger partial charge in [0.05, 0.1) is 6.61 Å². The van der Waals surface area contributed by atoms with Crippen LogP contribution in [0.3, 0.4) is 0 Å². The average molecular weight is 278 g/mol. The molecule has 7 heteroatoms. The summed E-state index contributed by atoms with van der Waals surface area (Å²) in [4.78, 5) is 23.2. The fourth-order valence-corrected chi connectivity index (χ4v) is 1.64. The molecule has 0 radical (unpaired) electrons. The highest BCUT2D eigenvalue weighted by Gasteiger charge is 2.22. The van der Waals surface area contributed by atoms with Crippen molar-refractivity contribution in [3.8, 4) is 17.0 Å². The van der Waals surface area contributed by atoms with Gasteiger partial charge in [-0.1, -0.05) is 0 Å². The largest absolute Gasteiger partial charge is 0.505 e. The van der Waals surface area contributed by atoms with Gasteiger partial charge in [0, 0.05) is 5.56 Å². The molecule has 0 unspecified atom stereocenters. The first-order valence-corrected chi connectivity index (χ1v) is 5.79. The number of halogens is 1. The molecule has 1 aromatic heterocycles. The number of esters is 1. The van der Waals surface area contributed by atoms with Gasteiger partial charge in [-0.15, -0.1) is 0 Å². The van der Waals surface area contributed by atoms with Gasteiger partial charge in [0.25, 0.3) is 5.56 Å². The van der Waals surface area contributed by atoms with Crippen LogP contribution in [0, 0.1) is 5.82 Å². The van der Waals surface area contributed by atoms with E-state index in [0.29, 0.717) is 5.56 Å². The van der Waals surface area contributed by atoms with E-state index in [4.69, 9.17) is 4.74 Å². The molecule has 0 saturated heterocycles. The lowest BCUT2D eigenvalue weighted by Crippen LogP contribution is -2.21. The molecule has 2 N–H and O–H groups in total. The van der Waals surface area contributed by atoms with Gasteiger partial charge in [0.15, 0.2) is 11.3 Å². The lowest BCUT2D eigenvalue weighted by molar-refractivity contribution is 0.0520. The summed E-state index contributed by atoms with van der Waals surface area (Å²) in [6, 6.07) is 5.08. The van der Waals surface area contributed by atoms with E-state index in [-0.39, 0.29) is 12.3 Å². The Morgan fingerprint density at radius 3 is 2.65 bits per heavy atom. The number of nitrogens with zero attached hydrogens (tertiary/aromatic N) is 1. The summed E-state index contributed by atoms with van der Waals surface area (Å²) < 4.78 is 17.6. The smallest absolute Gasteiger partial charge is 0.347 e. The summed E-state index contributed by atoms with van der Waals surface area (Å²) in [5.41, 5.74) is -1.06. The van der Waals surface area contributed by atoms with Gasteiger partial charge < -0.3 is 9.84 Å². The van der Waals surface area contributed by atoms with Gasteiger partial charge in [-0.2, -0.15) is 5.10 Å². The highest BCUT2D eigenvalue weighted by atomic mass is 19.1. The summed E-state index contributed by atoms with van der Waals surface area (Å²) in [6.07, 6.45) is 0. The first-order chi connectivity index (χ1) is 9.54. The number of nitrogens with one attached hydrogen (secondary N) is 1. The fraction of sp³-hybridized carbons (Fsp3) is 0.154. The lowest BCUT2D eigenvalue weighted by Gasteiger charge is -2.07. The topological polar surface area (TPSA) is 92.3 Å². The number of aromatic nitrogens is 2. The molecule has 2 aromatic rings. The van der Waals surface area contributed by atoms with Crippen LogP contribution in [0.2, 0.25) is 0 Å². The van der Waals surface area contributed by atoms with E-state index < -0.39 is 28.7 Å². The predicted octanol–water partition coefficient (Wildman–Crippen LogP) is 1.46. The van der Waals surface area contributed by atoms with Crippen molar-refractivity contribution < 1.29 is 19.0 Å². The molecule has 2 rings (SSSR count). The zero-order valence-corrected chi connectivity index (χ0v) is 10.5. The summed E-state index contributed by atoms with van der Waals surface area (Å²) in [5, 5.41) is 15.8. The maximum Gasteiger partial charge on any atom is 0.347 e. The third kappa shape index (κ3) is 2.51. The number of rotatable bonds is 3. The van der Waals surface area contributed by atoms with Gasteiger partial charge in [0.2, 0.25) is 0 Å². The first-order valence-electron chi connectivity index (χ1n) is 5.79. The molecule has 0 fully saturated rings. The zero-order valence-electron chi connectivity index (χ0n) is 10.5. The minimum Gasteiger partial charge on any atom is -0.505 e. The molecule has 0 aliphatic carbocycles. The Balaban J connectivity index is 2.56. The number of aromatic hydroxyl groups is 1. The van der Waals surface area contributed by atoms with Crippen LogP contribution in [0.15, 0.2) is 29.1 Å². The van der Waals surface area contributed by atoms with Gasteiger partial charge in [-0.3, -0.25) is 4.79 Å². The fourth-order valence-electron chi connectivity index (χ4n) is 1.64. The second kappa shape index (κ2) is 5.52. The third-order valence-electron chi connectivity index (χ3n) is 2.55. The van der Waals surface area contributed by atoms with E-state index in [0.717, 1.165) is 0 Å². The van der Waals surface area contributed by atoms with Crippen molar-refractivity contribution in [2.24, 2.45) is 0 Å². The molecule has 0 saturated carbocycles. The van der Waals surface area contributed by atoms with Crippen LogP contribution in [0.1, 0.15) is 17.3 Å². The van der Waals surface area contributed by atoms with E-state index in [1.807, 2.05) is 0 Å². The van der Waals surface area contributed by atoms with Crippen LogP contribution in [0.4, 0.5) is 4.39 Å². The van der Waals surface area contributed by atoms with E-state index in [2.05, 4.69) is 10.2 Å². The molecule has 0 atom stereocenters. The Morgan fingerprint density at radius 2 is 2.05 bits per heavy atom. The number of carbonyl (C=O) groups is 1. The number of benzene rings is 1. The predicted molar refractivity (Wildman–Crippen MR) is 67.9 cm³/mol. The number of H-pyrrole nitrogens is 1. The van der Waals surface area contributed by atoms with Crippen molar-refractivity contribution in [3.63, 3.8) is 0 Å². The molecule has 0 bridgehead atoms. The first kappa shape index (κ1) is 13.7. The van der Waals surface area contributed by atoms with E-state index in [1.165, 1.54) is 24.3 Å². The molecule has 20 heavy (non-hydrogen) atoms. The minimum atomic E-state index is -0.947. The maximum absolute atomic E-state index is 12.9. The summed E-state index contributed by atoms with van der Waals surface area (Å²) in [5.74, 6) is -2.00. The molecule has 0 aliphatic rings. The van der Waals surface area contributed by atoms with Gasteiger partial charge in [-0.25, -0.2) is 14.3 Å². The number of hydrogen-bond acceptors (Lipinski definition) is 5. The second-order valence-corrected chi connectivity index (χ2v) is 3.85. The molecule has 0 amide bonds. The van der Waals surface area contributed by atoms with E-state index in [9.17, 15) is 19.1 Å². The quantitative estimate of drug-likeness (QED) is 0.829. The Morgan fingerprint density at radius 1 is 1.40 bits per heavy atom. The van der Waals surface area contributed by atoms with Crippen LogP contribution in [0.5, 0.6) is 5.75 Å². The molecule has 1 heterocycles. The Labute approximate surface area is 112 Å². The minimum absolute atomic E-state index is 0.0346. The lowest BCUT2D eigenvalue weighted by atomic mass is 10.1. The van der Waals surface area contributed by atoms with Crippen molar-refractivity contribution >= 4 is 5.97 Å². The van der Waals surface area contributed by atoms with Crippen molar-refractivity contribution in [1.82, 2.24) is 10.2 Å². The molecular weight excluding hydrogens is 267 g/mol. The molecule has 0 aliphatic heterocycles. The van der Waals surface area contributed by atoms with Crippen LogP contribution in [-0.4, -0.2) is 27.9 Å². The normalized spacial score (nSPS) is 10.3. The average Bonchev–Trinajstić information content (AvgIpc) is 2.41. The summed E-state index contributed by atoms with van der Waals surface area (Å²) in [7, 11) is 0. The number of carbonyl (C=O) groups excluding carboxylic acids is 1. The monoisotopic (exact) mass is 278 g/mol. The number of hydrogen-bond donors (Lipinski definition) is 2. The highest BCUT2D eigenvalue weighted by Crippen LogP contribution is 2.28. The van der Waals surface area contributed by atoms with Crippen molar-refractivity contribution in [3.05, 3.63) is 46.0 Å². The van der Waals surface area contributed by atoms with Crippen molar-refractivity contribution in [2.45, 2.75) is 6.92 Å². The summed E-state index contributed by atoms with van der Waals surface area (Å²) >= 11 is 0. The molecule has 1 aromatic carbocycles. The Kier molecular flexibility index (Phi) is 3.79. The van der Waals surface area contributed by atoms with Crippen LogP contribution in [-0.2, 0) is 4.74 Å². The van der Waals surface area contributed by atoms with E-state index >= 15 is 0 Å². The molecule has 0 spiro atoms. The summed E-state index contributed by atoms with van der Waals surface area (Å²) in [6.45, 7) is 1.64. The third-order valence-corrected chi connectivity index (χ3v) is 2.55. The zero-order chi connectivity index (χ0) is 14.7. The van der Waals surface area contributed by atoms with Gasteiger partial charge in [-0.05, 0) is 31.2 Å². The standard InChI is InChI=1S/C13H11FN2O4/c1-2-20-13(19)9-11(17)10(15-16-12(9)18)7-3-5-8(14)6-4-7/h3-6H,2H2,1H3,(H2,16,17,18). The van der Waals surface area contributed by atoms with Crippen molar-refractivity contribution in [2.75, 3.05) is 6.61 Å². The number of ether oxygens (including phenoxy) is 1. The van der Waals surface area contributed by atoms with Crippen LogP contribution in [0.25, 0.3) is 11.3 Å². The SMILES string of the molecule is CCOC(=O)c1c(O)c(-c2ccc(F)cc2)n[nH]c1=O. The van der Waals surface area contributed by atoms with Crippen molar-refractivity contribution in [1.29, 1.82) is 0 Å².